The Morgan fingerprint density at radius 1 is 1.62 bits per heavy atom. The Labute approximate surface area is 79.0 Å². The number of aliphatic hydroxyl groups is 2. The molecule has 0 radical (unpaired) electrons. The van der Waals surface area contributed by atoms with E-state index in [0.29, 0.717) is 6.54 Å². The van der Waals surface area contributed by atoms with Crippen LogP contribution in [0.1, 0.15) is 26.7 Å². The molecule has 1 heterocycles. The molecule has 0 spiro atoms. The van der Waals surface area contributed by atoms with E-state index in [0.717, 1.165) is 18.6 Å². The summed E-state index contributed by atoms with van der Waals surface area (Å²) in [7, 11) is 0. The SMILES string of the molecule is C=C1CCC(CN)O1.CC(C)(O)O. The van der Waals surface area contributed by atoms with Crippen molar-refractivity contribution >= 4 is 0 Å². The predicted molar refractivity (Wildman–Crippen MR) is 50.8 cm³/mol. The van der Waals surface area contributed by atoms with Crippen LogP contribution in [-0.2, 0) is 4.74 Å². The average molecular weight is 189 g/mol. The van der Waals surface area contributed by atoms with E-state index in [1.807, 2.05) is 0 Å². The van der Waals surface area contributed by atoms with Gasteiger partial charge in [-0.25, -0.2) is 0 Å². The molecule has 0 aromatic heterocycles. The summed E-state index contributed by atoms with van der Waals surface area (Å²) in [4.78, 5) is 0. The van der Waals surface area contributed by atoms with Crippen LogP contribution in [0.15, 0.2) is 12.3 Å². The maximum atomic E-state index is 8.08. The summed E-state index contributed by atoms with van der Waals surface area (Å²) in [6, 6.07) is 0. The molecule has 0 amide bonds. The third-order valence-corrected chi connectivity index (χ3v) is 1.34. The number of allylic oxidation sites excluding steroid dienone is 1. The van der Waals surface area contributed by atoms with Crippen molar-refractivity contribution in [3.63, 3.8) is 0 Å². The van der Waals surface area contributed by atoms with Crippen molar-refractivity contribution in [3.05, 3.63) is 12.3 Å². The zero-order chi connectivity index (χ0) is 10.5. The van der Waals surface area contributed by atoms with E-state index in [2.05, 4.69) is 6.58 Å². The van der Waals surface area contributed by atoms with Crippen LogP contribution in [0.5, 0.6) is 0 Å². The first-order valence-electron chi connectivity index (χ1n) is 4.32. The van der Waals surface area contributed by atoms with E-state index in [4.69, 9.17) is 20.7 Å². The highest BCUT2D eigenvalue weighted by molar-refractivity contribution is 4.91. The van der Waals surface area contributed by atoms with Crippen LogP contribution in [-0.4, -0.2) is 28.6 Å². The van der Waals surface area contributed by atoms with Crippen LogP contribution in [0, 0.1) is 0 Å². The molecule has 0 bridgehead atoms. The van der Waals surface area contributed by atoms with Gasteiger partial charge in [-0.2, -0.15) is 0 Å². The Kier molecular flexibility index (Phi) is 4.98. The molecule has 1 saturated heterocycles. The molecule has 13 heavy (non-hydrogen) atoms. The lowest BCUT2D eigenvalue weighted by Gasteiger charge is -2.04. The van der Waals surface area contributed by atoms with Crippen molar-refractivity contribution in [1.29, 1.82) is 0 Å². The summed E-state index contributed by atoms with van der Waals surface area (Å²) in [5, 5.41) is 16.2. The van der Waals surface area contributed by atoms with Gasteiger partial charge in [0, 0.05) is 13.0 Å². The fraction of sp³-hybridized carbons (Fsp3) is 0.778. The van der Waals surface area contributed by atoms with Gasteiger partial charge >= 0.3 is 0 Å². The van der Waals surface area contributed by atoms with Crippen molar-refractivity contribution in [2.75, 3.05) is 6.54 Å². The second kappa shape index (κ2) is 5.21. The lowest BCUT2D eigenvalue weighted by Crippen LogP contribution is -2.17. The summed E-state index contributed by atoms with van der Waals surface area (Å²) in [5.74, 6) is -0.611. The van der Waals surface area contributed by atoms with E-state index < -0.39 is 5.79 Å². The molecule has 0 saturated carbocycles. The first-order valence-corrected chi connectivity index (χ1v) is 4.32. The van der Waals surface area contributed by atoms with Gasteiger partial charge in [-0.15, -0.1) is 0 Å². The second-order valence-corrected chi connectivity index (χ2v) is 3.55. The molecule has 1 rings (SSSR count). The van der Waals surface area contributed by atoms with Crippen molar-refractivity contribution in [1.82, 2.24) is 0 Å². The highest BCUT2D eigenvalue weighted by Gasteiger charge is 2.16. The monoisotopic (exact) mass is 189 g/mol. The maximum Gasteiger partial charge on any atom is 0.156 e. The van der Waals surface area contributed by atoms with Crippen molar-refractivity contribution in [3.8, 4) is 0 Å². The molecule has 78 valence electrons. The van der Waals surface area contributed by atoms with Crippen molar-refractivity contribution in [2.24, 2.45) is 5.73 Å². The predicted octanol–water partition coefficient (Wildman–Crippen LogP) is 0.345. The third-order valence-electron chi connectivity index (χ3n) is 1.34. The zero-order valence-corrected chi connectivity index (χ0v) is 8.29. The lowest BCUT2D eigenvalue weighted by molar-refractivity contribution is -0.127. The smallest absolute Gasteiger partial charge is 0.156 e. The van der Waals surface area contributed by atoms with Gasteiger partial charge < -0.3 is 20.7 Å². The minimum absolute atomic E-state index is 0.252. The summed E-state index contributed by atoms with van der Waals surface area (Å²) in [5.41, 5.74) is 5.33. The van der Waals surface area contributed by atoms with Crippen LogP contribution in [0.25, 0.3) is 0 Å². The number of rotatable bonds is 1. The van der Waals surface area contributed by atoms with Gasteiger partial charge in [0.25, 0.3) is 0 Å². The molecule has 1 atom stereocenters. The van der Waals surface area contributed by atoms with E-state index in [9.17, 15) is 0 Å². The molecule has 1 unspecified atom stereocenters. The lowest BCUT2D eigenvalue weighted by atomic mass is 10.2. The van der Waals surface area contributed by atoms with E-state index in [1.165, 1.54) is 13.8 Å². The second-order valence-electron chi connectivity index (χ2n) is 3.55. The molecule has 0 aliphatic carbocycles. The summed E-state index contributed by atoms with van der Waals surface area (Å²) < 4.78 is 5.19. The first-order chi connectivity index (χ1) is 5.83. The first kappa shape index (κ1) is 12.4. The third kappa shape index (κ3) is 9.33. The van der Waals surface area contributed by atoms with Gasteiger partial charge in [0.05, 0.1) is 5.76 Å². The summed E-state index contributed by atoms with van der Waals surface area (Å²) in [6.07, 6.45) is 2.29. The highest BCUT2D eigenvalue weighted by atomic mass is 16.5. The number of hydrogen-bond acceptors (Lipinski definition) is 4. The summed E-state index contributed by atoms with van der Waals surface area (Å²) >= 11 is 0. The number of nitrogens with two attached hydrogens (primary N) is 1. The van der Waals surface area contributed by atoms with E-state index in [-0.39, 0.29) is 6.10 Å². The van der Waals surface area contributed by atoms with Crippen molar-refractivity contribution in [2.45, 2.75) is 38.6 Å². The van der Waals surface area contributed by atoms with Crippen LogP contribution >= 0.6 is 0 Å². The normalized spacial score (nSPS) is 21.9. The van der Waals surface area contributed by atoms with Crippen LogP contribution in [0.3, 0.4) is 0 Å². The molecule has 0 aromatic rings. The molecule has 4 heteroatoms. The number of ether oxygens (including phenoxy) is 1. The van der Waals surface area contributed by atoms with Crippen molar-refractivity contribution < 1.29 is 14.9 Å². The zero-order valence-electron chi connectivity index (χ0n) is 8.29. The van der Waals surface area contributed by atoms with Crippen LogP contribution < -0.4 is 5.73 Å². The van der Waals surface area contributed by atoms with Gasteiger partial charge in [0.2, 0.25) is 0 Å². The molecular formula is C9H19NO3. The van der Waals surface area contributed by atoms with E-state index in [1.54, 1.807) is 0 Å². The van der Waals surface area contributed by atoms with Gasteiger partial charge in [0.1, 0.15) is 6.10 Å². The molecule has 1 aliphatic heterocycles. The molecule has 1 aliphatic rings. The largest absolute Gasteiger partial charge is 0.494 e. The van der Waals surface area contributed by atoms with Crippen LogP contribution in [0.4, 0.5) is 0 Å². The Morgan fingerprint density at radius 3 is 2.23 bits per heavy atom. The van der Waals surface area contributed by atoms with E-state index >= 15 is 0 Å². The highest BCUT2D eigenvalue weighted by Crippen LogP contribution is 2.19. The molecule has 4 N–H and O–H groups in total. The Hall–Kier alpha value is -0.580. The topological polar surface area (TPSA) is 75.7 Å². The molecule has 0 aromatic carbocycles. The maximum absolute atomic E-state index is 8.08. The Balaban J connectivity index is 0.000000252. The minimum atomic E-state index is -1.50. The van der Waals surface area contributed by atoms with Gasteiger partial charge in [0.15, 0.2) is 5.79 Å². The quantitative estimate of drug-likeness (QED) is 0.520. The van der Waals surface area contributed by atoms with Gasteiger partial charge in [-0.1, -0.05) is 6.58 Å². The summed E-state index contributed by atoms with van der Waals surface area (Å²) in [6.45, 7) is 6.90. The molecule has 1 fully saturated rings. The number of hydrogen-bond donors (Lipinski definition) is 3. The molecular weight excluding hydrogens is 170 g/mol. The minimum Gasteiger partial charge on any atom is -0.494 e. The standard InChI is InChI=1S/C6H11NO.C3H8O2/c1-5-2-3-6(4-7)8-5;1-3(2,4)5/h6H,1-4,7H2;4-5H,1-2H3. The fourth-order valence-electron chi connectivity index (χ4n) is 0.841. The Morgan fingerprint density at radius 2 is 2.08 bits per heavy atom. The van der Waals surface area contributed by atoms with Gasteiger partial charge in [-0.3, -0.25) is 0 Å². The molecule has 4 nitrogen and oxygen atoms in total. The fourth-order valence-corrected chi connectivity index (χ4v) is 0.841. The van der Waals surface area contributed by atoms with Crippen LogP contribution in [0.2, 0.25) is 0 Å². The Bertz CT molecular complexity index is 157. The van der Waals surface area contributed by atoms with Gasteiger partial charge in [-0.05, 0) is 20.3 Å². The average Bonchev–Trinajstić information content (AvgIpc) is 2.31.